The monoisotopic (exact) mass is 375 g/mol. The van der Waals surface area contributed by atoms with Gasteiger partial charge in [0.05, 0.1) is 12.4 Å². The number of hydrogen-bond donors (Lipinski definition) is 2. The number of nitrogens with zero attached hydrogens (tertiary/aromatic N) is 3. The number of hydrogen-bond acceptors (Lipinski definition) is 5. The zero-order chi connectivity index (χ0) is 19.9. The number of anilines is 3. The summed E-state index contributed by atoms with van der Waals surface area (Å²) in [6.45, 7) is 2.12. The van der Waals surface area contributed by atoms with Gasteiger partial charge >= 0.3 is 0 Å². The Labute approximate surface area is 163 Å². The molecular weight excluding hydrogens is 354 g/mol. The van der Waals surface area contributed by atoms with E-state index in [9.17, 15) is 9.59 Å². The first-order valence-electron chi connectivity index (χ1n) is 8.77. The van der Waals surface area contributed by atoms with Crippen LogP contribution in [0.2, 0.25) is 0 Å². The molecule has 0 bridgehead atoms. The average molecular weight is 375 g/mol. The molecule has 3 rings (SSSR count). The Morgan fingerprint density at radius 3 is 2.29 bits per heavy atom. The molecule has 7 nitrogen and oxygen atoms in total. The molecular formula is C21H21N5O2. The van der Waals surface area contributed by atoms with Gasteiger partial charge in [-0.1, -0.05) is 36.4 Å². The van der Waals surface area contributed by atoms with Crippen molar-refractivity contribution in [1.29, 1.82) is 0 Å². The van der Waals surface area contributed by atoms with Crippen LogP contribution in [-0.4, -0.2) is 28.8 Å². The molecule has 0 aliphatic rings. The smallest absolute Gasteiger partial charge is 0.275 e. The van der Waals surface area contributed by atoms with Crippen molar-refractivity contribution in [2.45, 2.75) is 13.5 Å². The normalized spacial score (nSPS) is 10.2. The highest BCUT2D eigenvalue weighted by Crippen LogP contribution is 2.16. The Balaban J connectivity index is 1.64. The summed E-state index contributed by atoms with van der Waals surface area (Å²) in [7, 11) is 1.92. The van der Waals surface area contributed by atoms with E-state index in [0.29, 0.717) is 23.7 Å². The van der Waals surface area contributed by atoms with Gasteiger partial charge < -0.3 is 15.5 Å². The van der Waals surface area contributed by atoms with Crippen LogP contribution < -0.4 is 15.5 Å². The molecule has 142 valence electrons. The van der Waals surface area contributed by atoms with E-state index >= 15 is 0 Å². The quantitative estimate of drug-likeness (QED) is 0.690. The van der Waals surface area contributed by atoms with Crippen LogP contribution in [0.1, 0.15) is 23.0 Å². The van der Waals surface area contributed by atoms with Gasteiger partial charge in [0, 0.05) is 31.9 Å². The van der Waals surface area contributed by atoms with E-state index in [0.717, 1.165) is 5.56 Å². The predicted octanol–water partition coefficient (Wildman–Crippen LogP) is 3.32. The molecule has 7 heteroatoms. The molecule has 0 fully saturated rings. The van der Waals surface area contributed by atoms with Crippen LogP contribution in [0.15, 0.2) is 67.0 Å². The fraction of sp³-hybridized carbons (Fsp3) is 0.143. The Hall–Kier alpha value is -3.74. The minimum atomic E-state index is -0.371. The van der Waals surface area contributed by atoms with Crippen LogP contribution in [0.5, 0.6) is 0 Å². The molecule has 2 amide bonds. The molecule has 0 radical (unpaired) electrons. The van der Waals surface area contributed by atoms with Crippen molar-refractivity contribution < 1.29 is 9.59 Å². The Kier molecular flexibility index (Phi) is 5.96. The van der Waals surface area contributed by atoms with Crippen LogP contribution in [-0.2, 0) is 11.3 Å². The number of aromatic nitrogens is 2. The van der Waals surface area contributed by atoms with E-state index in [1.54, 1.807) is 30.5 Å². The number of rotatable bonds is 6. The van der Waals surface area contributed by atoms with E-state index < -0.39 is 0 Å². The highest BCUT2D eigenvalue weighted by Gasteiger charge is 2.11. The predicted molar refractivity (Wildman–Crippen MR) is 109 cm³/mol. The zero-order valence-electron chi connectivity index (χ0n) is 15.7. The number of nitrogens with one attached hydrogen (secondary N) is 2. The summed E-state index contributed by atoms with van der Waals surface area (Å²) >= 11 is 0. The third-order valence-electron chi connectivity index (χ3n) is 3.97. The van der Waals surface area contributed by atoms with Crippen LogP contribution in [0.4, 0.5) is 17.2 Å². The second kappa shape index (κ2) is 8.77. The summed E-state index contributed by atoms with van der Waals surface area (Å²) in [5.74, 6) is 0.127. The maximum atomic E-state index is 12.4. The third-order valence-corrected chi connectivity index (χ3v) is 3.97. The lowest BCUT2D eigenvalue weighted by atomic mass is 10.2. The third kappa shape index (κ3) is 5.14. The van der Waals surface area contributed by atoms with Gasteiger partial charge in [-0.25, -0.2) is 9.97 Å². The standard InChI is InChI=1S/C21H21N5O2/c1-15(27)24-17-9-6-10-18(11-17)25-21(28)19-12-23-20(13-22-19)26(2)14-16-7-4-3-5-8-16/h3-13H,14H2,1-2H3,(H,24,27)(H,25,28). The maximum absolute atomic E-state index is 12.4. The van der Waals surface area contributed by atoms with Crippen molar-refractivity contribution in [1.82, 2.24) is 9.97 Å². The highest BCUT2D eigenvalue weighted by atomic mass is 16.2. The minimum Gasteiger partial charge on any atom is -0.354 e. The highest BCUT2D eigenvalue weighted by molar-refractivity contribution is 6.03. The Morgan fingerprint density at radius 2 is 1.64 bits per heavy atom. The summed E-state index contributed by atoms with van der Waals surface area (Å²) in [6, 6.07) is 16.9. The van der Waals surface area contributed by atoms with Gasteiger partial charge in [0.2, 0.25) is 5.91 Å². The molecule has 0 spiro atoms. The van der Waals surface area contributed by atoms with Crippen molar-refractivity contribution in [3.8, 4) is 0 Å². The van der Waals surface area contributed by atoms with Gasteiger partial charge in [-0.15, -0.1) is 0 Å². The van der Waals surface area contributed by atoms with Crippen molar-refractivity contribution in [2.75, 3.05) is 22.6 Å². The van der Waals surface area contributed by atoms with Crippen molar-refractivity contribution in [2.24, 2.45) is 0 Å². The van der Waals surface area contributed by atoms with E-state index in [1.165, 1.54) is 13.1 Å². The molecule has 1 aromatic heterocycles. The summed E-state index contributed by atoms with van der Waals surface area (Å²) < 4.78 is 0. The molecule has 1 heterocycles. The molecule has 0 atom stereocenters. The van der Waals surface area contributed by atoms with E-state index in [4.69, 9.17) is 0 Å². The van der Waals surface area contributed by atoms with Crippen LogP contribution in [0, 0.1) is 0 Å². The summed E-state index contributed by atoms with van der Waals surface area (Å²) in [5.41, 5.74) is 2.53. The Morgan fingerprint density at radius 1 is 0.929 bits per heavy atom. The van der Waals surface area contributed by atoms with Gasteiger partial charge in [-0.2, -0.15) is 0 Å². The second-order valence-corrected chi connectivity index (χ2v) is 6.32. The molecule has 0 saturated carbocycles. The van der Waals surface area contributed by atoms with Gasteiger partial charge in [-0.05, 0) is 23.8 Å². The number of carbonyl (C=O) groups is 2. The SMILES string of the molecule is CC(=O)Nc1cccc(NC(=O)c2cnc(N(C)Cc3ccccc3)cn2)c1. The molecule has 0 unspecified atom stereocenters. The topological polar surface area (TPSA) is 87.2 Å². The zero-order valence-corrected chi connectivity index (χ0v) is 15.7. The first-order chi connectivity index (χ1) is 13.5. The molecule has 28 heavy (non-hydrogen) atoms. The lowest BCUT2D eigenvalue weighted by Crippen LogP contribution is -2.19. The van der Waals surface area contributed by atoms with Gasteiger partial charge in [0.1, 0.15) is 11.5 Å². The average Bonchev–Trinajstić information content (AvgIpc) is 2.68. The maximum Gasteiger partial charge on any atom is 0.275 e. The fourth-order valence-electron chi connectivity index (χ4n) is 2.65. The van der Waals surface area contributed by atoms with Crippen LogP contribution in [0.3, 0.4) is 0 Å². The largest absolute Gasteiger partial charge is 0.354 e. The van der Waals surface area contributed by atoms with Gasteiger partial charge in [0.15, 0.2) is 0 Å². The lowest BCUT2D eigenvalue weighted by Gasteiger charge is -2.17. The second-order valence-electron chi connectivity index (χ2n) is 6.32. The number of carbonyl (C=O) groups excluding carboxylic acids is 2. The molecule has 3 aromatic rings. The summed E-state index contributed by atoms with van der Waals surface area (Å²) in [6.07, 6.45) is 3.02. The van der Waals surface area contributed by atoms with Gasteiger partial charge in [-0.3, -0.25) is 9.59 Å². The minimum absolute atomic E-state index is 0.176. The lowest BCUT2D eigenvalue weighted by molar-refractivity contribution is -0.114. The fourth-order valence-corrected chi connectivity index (χ4v) is 2.65. The number of amides is 2. The summed E-state index contributed by atoms with van der Waals surface area (Å²) in [4.78, 5) is 34.1. The molecule has 0 aliphatic heterocycles. The van der Waals surface area contributed by atoms with Crippen molar-refractivity contribution in [3.63, 3.8) is 0 Å². The van der Waals surface area contributed by atoms with Crippen LogP contribution >= 0.6 is 0 Å². The molecule has 2 N–H and O–H groups in total. The molecule has 2 aromatic carbocycles. The van der Waals surface area contributed by atoms with E-state index in [2.05, 4.69) is 20.6 Å². The molecule has 0 saturated heterocycles. The van der Waals surface area contributed by atoms with Crippen LogP contribution in [0.25, 0.3) is 0 Å². The van der Waals surface area contributed by atoms with E-state index in [-0.39, 0.29) is 17.5 Å². The van der Waals surface area contributed by atoms with E-state index in [1.807, 2.05) is 42.3 Å². The Bertz CT molecular complexity index is 958. The first kappa shape index (κ1) is 19.0. The molecule has 0 aliphatic carbocycles. The van der Waals surface area contributed by atoms with Crippen molar-refractivity contribution in [3.05, 3.63) is 78.2 Å². The van der Waals surface area contributed by atoms with Gasteiger partial charge in [0.25, 0.3) is 5.91 Å². The number of benzene rings is 2. The summed E-state index contributed by atoms with van der Waals surface area (Å²) in [5, 5.41) is 5.43. The first-order valence-corrected chi connectivity index (χ1v) is 8.77. The van der Waals surface area contributed by atoms with Crippen molar-refractivity contribution >= 4 is 29.0 Å².